The highest BCUT2D eigenvalue weighted by molar-refractivity contribution is 5.51. The number of nitrogens with zero attached hydrogens (tertiary/aromatic N) is 1. The van der Waals surface area contributed by atoms with E-state index in [9.17, 15) is 4.39 Å². The third-order valence-corrected chi connectivity index (χ3v) is 3.98. The lowest BCUT2D eigenvalue weighted by Crippen LogP contribution is -2.40. The van der Waals surface area contributed by atoms with Gasteiger partial charge in [0.25, 0.3) is 0 Å². The van der Waals surface area contributed by atoms with Crippen molar-refractivity contribution in [2.75, 3.05) is 24.6 Å². The lowest BCUT2D eigenvalue weighted by molar-refractivity contribution is 0.298. The van der Waals surface area contributed by atoms with Crippen LogP contribution in [0.15, 0.2) is 18.2 Å². The maximum Gasteiger partial charge on any atom is 0.150 e. The summed E-state index contributed by atoms with van der Waals surface area (Å²) < 4.78 is 19.7. The summed E-state index contributed by atoms with van der Waals surface area (Å²) in [5, 5.41) is 0. The largest absolute Gasteiger partial charge is 0.493 e. The molecule has 1 aromatic rings. The highest BCUT2D eigenvalue weighted by Crippen LogP contribution is 2.31. The Bertz CT molecular complexity index is 440. The summed E-state index contributed by atoms with van der Waals surface area (Å²) in [7, 11) is 0. The Morgan fingerprint density at radius 1 is 1.21 bits per heavy atom. The van der Waals surface area contributed by atoms with E-state index in [2.05, 4.69) is 4.90 Å². The molecule has 1 aromatic carbocycles. The Balaban J connectivity index is 1.64. The molecular weight excluding hydrogens is 243 g/mol. The molecule has 3 rings (SSSR count). The summed E-state index contributed by atoms with van der Waals surface area (Å²) in [6.45, 7) is 2.39. The fourth-order valence-electron chi connectivity index (χ4n) is 2.47. The molecule has 2 fully saturated rings. The molecule has 0 aromatic heterocycles. The molecule has 0 unspecified atom stereocenters. The molecule has 4 heteroatoms. The number of rotatable bonds is 4. The first-order chi connectivity index (χ1) is 9.22. The molecule has 1 saturated carbocycles. The Morgan fingerprint density at radius 2 is 1.95 bits per heavy atom. The van der Waals surface area contributed by atoms with Crippen LogP contribution in [-0.4, -0.2) is 25.7 Å². The van der Waals surface area contributed by atoms with Gasteiger partial charge in [-0.05, 0) is 43.7 Å². The van der Waals surface area contributed by atoms with Gasteiger partial charge in [0, 0.05) is 25.2 Å². The zero-order valence-corrected chi connectivity index (χ0v) is 11.1. The number of halogens is 1. The van der Waals surface area contributed by atoms with Gasteiger partial charge in [0.05, 0.1) is 12.3 Å². The third kappa shape index (κ3) is 3.18. The van der Waals surface area contributed by atoms with Crippen LogP contribution in [0, 0.1) is 11.7 Å². The van der Waals surface area contributed by atoms with Gasteiger partial charge in [-0.2, -0.15) is 0 Å². The van der Waals surface area contributed by atoms with Crippen molar-refractivity contribution in [3.8, 4) is 5.75 Å². The van der Waals surface area contributed by atoms with Crippen molar-refractivity contribution in [3.63, 3.8) is 0 Å². The fourth-order valence-corrected chi connectivity index (χ4v) is 2.47. The fraction of sp³-hybridized carbons (Fsp3) is 0.600. The Hall–Kier alpha value is -1.29. The maximum absolute atomic E-state index is 14.1. The van der Waals surface area contributed by atoms with Gasteiger partial charge in [0.15, 0.2) is 0 Å². The number of benzene rings is 1. The zero-order chi connectivity index (χ0) is 13.2. The van der Waals surface area contributed by atoms with E-state index in [0.29, 0.717) is 17.4 Å². The van der Waals surface area contributed by atoms with Crippen LogP contribution < -0.4 is 15.4 Å². The molecule has 1 aliphatic carbocycles. The molecule has 0 radical (unpaired) electrons. The van der Waals surface area contributed by atoms with Crippen molar-refractivity contribution in [2.45, 2.75) is 31.7 Å². The molecule has 104 valence electrons. The smallest absolute Gasteiger partial charge is 0.150 e. The van der Waals surface area contributed by atoms with Crippen molar-refractivity contribution in [1.82, 2.24) is 0 Å². The minimum absolute atomic E-state index is 0.191. The van der Waals surface area contributed by atoms with Crippen LogP contribution in [0.2, 0.25) is 0 Å². The van der Waals surface area contributed by atoms with E-state index in [-0.39, 0.29) is 11.9 Å². The van der Waals surface area contributed by atoms with Crippen LogP contribution in [0.25, 0.3) is 0 Å². The number of ether oxygens (including phenoxy) is 1. The van der Waals surface area contributed by atoms with E-state index in [0.717, 1.165) is 32.5 Å². The number of piperidine rings is 1. The average molecular weight is 264 g/mol. The van der Waals surface area contributed by atoms with Crippen LogP contribution in [0.4, 0.5) is 10.1 Å². The standard InChI is InChI=1S/C15H21FN2O/c16-14-9-13(19-10-11-1-2-11)3-4-15(14)18-7-5-12(17)6-8-18/h3-4,9,11-12H,1-2,5-8,10,17H2. The molecule has 0 spiro atoms. The van der Waals surface area contributed by atoms with Crippen LogP contribution in [0.1, 0.15) is 25.7 Å². The summed E-state index contributed by atoms with van der Waals surface area (Å²) in [6.07, 6.45) is 4.35. The molecule has 3 nitrogen and oxygen atoms in total. The number of hydrogen-bond donors (Lipinski definition) is 1. The van der Waals surface area contributed by atoms with Crippen molar-refractivity contribution < 1.29 is 9.13 Å². The normalized spacial score (nSPS) is 20.6. The third-order valence-electron chi connectivity index (χ3n) is 3.98. The molecular formula is C15H21FN2O. The monoisotopic (exact) mass is 264 g/mol. The van der Waals surface area contributed by atoms with E-state index >= 15 is 0 Å². The number of hydrogen-bond acceptors (Lipinski definition) is 3. The van der Waals surface area contributed by atoms with Gasteiger partial charge in [-0.25, -0.2) is 4.39 Å². The molecule has 1 heterocycles. The predicted octanol–water partition coefficient (Wildman–Crippen LogP) is 2.54. The van der Waals surface area contributed by atoms with E-state index in [4.69, 9.17) is 10.5 Å². The lowest BCUT2D eigenvalue weighted by atomic mass is 10.1. The van der Waals surface area contributed by atoms with Gasteiger partial charge in [-0.15, -0.1) is 0 Å². The highest BCUT2D eigenvalue weighted by atomic mass is 19.1. The molecule has 1 saturated heterocycles. The second-order valence-corrected chi connectivity index (χ2v) is 5.69. The van der Waals surface area contributed by atoms with Crippen molar-refractivity contribution in [2.24, 2.45) is 11.7 Å². The summed E-state index contributed by atoms with van der Waals surface area (Å²) in [6, 6.07) is 5.47. The van der Waals surface area contributed by atoms with Crippen molar-refractivity contribution in [3.05, 3.63) is 24.0 Å². The molecule has 19 heavy (non-hydrogen) atoms. The SMILES string of the molecule is NC1CCN(c2ccc(OCC3CC3)cc2F)CC1. The van der Waals surface area contributed by atoms with Crippen LogP contribution in [0.5, 0.6) is 5.75 Å². The minimum atomic E-state index is -0.191. The van der Waals surface area contributed by atoms with Gasteiger partial charge >= 0.3 is 0 Å². The number of nitrogens with two attached hydrogens (primary N) is 1. The second-order valence-electron chi connectivity index (χ2n) is 5.69. The maximum atomic E-state index is 14.1. The van der Waals surface area contributed by atoms with Crippen LogP contribution in [0.3, 0.4) is 0 Å². The summed E-state index contributed by atoms with van der Waals surface area (Å²) >= 11 is 0. The molecule has 0 atom stereocenters. The molecule has 2 aliphatic rings. The summed E-state index contributed by atoms with van der Waals surface area (Å²) in [5.74, 6) is 1.14. The van der Waals surface area contributed by atoms with Gasteiger partial charge in [-0.1, -0.05) is 0 Å². The van der Waals surface area contributed by atoms with Gasteiger partial charge < -0.3 is 15.4 Å². The van der Waals surface area contributed by atoms with Gasteiger partial charge in [0.2, 0.25) is 0 Å². The average Bonchev–Trinajstić information content (AvgIpc) is 3.22. The minimum Gasteiger partial charge on any atom is -0.493 e. The van der Waals surface area contributed by atoms with Gasteiger partial charge in [-0.3, -0.25) is 0 Å². The first kappa shape index (κ1) is 12.7. The predicted molar refractivity (Wildman–Crippen MR) is 74.0 cm³/mol. The molecule has 0 bridgehead atoms. The first-order valence-corrected chi connectivity index (χ1v) is 7.15. The first-order valence-electron chi connectivity index (χ1n) is 7.15. The van der Waals surface area contributed by atoms with Crippen LogP contribution in [-0.2, 0) is 0 Å². The van der Waals surface area contributed by atoms with E-state index in [1.165, 1.54) is 18.9 Å². The Kier molecular flexibility index (Phi) is 3.60. The van der Waals surface area contributed by atoms with E-state index in [1.54, 1.807) is 0 Å². The van der Waals surface area contributed by atoms with E-state index < -0.39 is 0 Å². The number of anilines is 1. The summed E-state index contributed by atoms with van der Waals surface area (Å²) in [4.78, 5) is 2.07. The Morgan fingerprint density at radius 3 is 2.58 bits per heavy atom. The van der Waals surface area contributed by atoms with Crippen molar-refractivity contribution >= 4 is 5.69 Å². The quantitative estimate of drug-likeness (QED) is 0.908. The second kappa shape index (κ2) is 5.37. The van der Waals surface area contributed by atoms with Crippen molar-refractivity contribution in [1.29, 1.82) is 0 Å². The van der Waals surface area contributed by atoms with Crippen LogP contribution >= 0.6 is 0 Å². The highest BCUT2D eigenvalue weighted by Gasteiger charge is 2.22. The summed E-state index contributed by atoms with van der Waals surface area (Å²) in [5.41, 5.74) is 6.54. The zero-order valence-electron chi connectivity index (χ0n) is 11.1. The van der Waals surface area contributed by atoms with E-state index in [1.807, 2.05) is 12.1 Å². The molecule has 2 N–H and O–H groups in total. The van der Waals surface area contributed by atoms with Gasteiger partial charge in [0.1, 0.15) is 11.6 Å². The Labute approximate surface area is 113 Å². The molecule has 0 amide bonds. The lowest BCUT2D eigenvalue weighted by Gasteiger charge is -2.32. The molecule has 1 aliphatic heterocycles. The topological polar surface area (TPSA) is 38.5 Å².